The summed E-state index contributed by atoms with van der Waals surface area (Å²) in [7, 11) is 11.6. The third-order valence-corrected chi connectivity index (χ3v) is 13.0. The van der Waals surface area contributed by atoms with Gasteiger partial charge < -0.3 is 0 Å². The Morgan fingerprint density at radius 3 is 1.33 bits per heavy atom. The predicted octanol–water partition coefficient (Wildman–Crippen LogP) is 9.06. The molecule has 0 fully saturated rings. The quantitative estimate of drug-likeness (QED) is 0.112. The van der Waals surface area contributed by atoms with Crippen molar-refractivity contribution in [1.29, 1.82) is 0 Å². The first-order valence-corrected chi connectivity index (χ1v) is 21.0. The Morgan fingerprint density at radius 2 is 0.767 bits per heavy atom. The third kappa shape index (κ3) is 6.50. The highest BCUT2D eigenvalue weighted by atomic mass is 15.1. The van der Waals surface area contributed by atoms with E-state index < -0.39 is 0 Å². The SMILES string of the molecule is BC(B)(B)C(B)(B)c1nc2ccccc2n1-c1cccc(-c2cccc(-c3c4ccccc4c(-c4cc(-c5ccccc5)cc(-c5ccccc5)c4)c4ccccc34)c2)c1. The minimum Gasteiger partial charge on any atom is -0.297 e. The summed E-state index contributed by atoms with van der Waals surface area (Å²) in [5, 5.41) is 4.76. The first kappa shape index (κ1) is 37.6. The fourth-order valence-electron chi connectivity index (χ4n) is 8.84. The predicted molar refractivity (Wildman–Crippen MR) is 270 cm³/mol. The van der Waals surface area contributed by atoms with Gasteiger partial charge in [0.25, 0.3) is 0 Å². The van der Waals surface area contributed by atoms with Gasteiger partial charge >= 0.3 is 0 Å². The van der Waals surface area contributed by atoms with Crippen LogP contribution in [0.1, 0.15) is 5.82 Å². The number of aromatic nitrogens is 2. The molecule has 0 aliphatic heterocycles. The zero-order valence-corrected chi connectivity index (χ0v) is 34.9. The molecule has 1 heterocycles. The summed E-state index contributed by atoms with van der Waals surface area (Å²) in [5.74, 6) is 1.07. The lowest BCUT2D eigenvalue weighted by molar-refractivity contribution is 0.757. The van der Waals surface area contributed by atoms with Crippen LogP contribution in [0, 0.1) is 0 Å². The van der Waals surface area contributed by atoms with Crippen LogP contribution in [0.3, 0.4) is 0 Å². The summed E-state index contributed by atoms with van der Waals surface area (Å²) in [4.78, 5) is 5.27. The van der Waals surface area contributed by atoms with Crippen molar-refractivity contribution in [2.75, 3.05) is 0 Å². The van der Waals surface area contributed by atoms with Crippen LogP contribution >= 0.6 is 0 Å². The second-order valence-corrected chi connectivity index (χ2v) is 17.6. The summed E-state index contributed by atoms with van der Waals surface area (Å²) in [6.07, 6.45) is 0. The van der Waals surface area contributed by atoms with Crippen molar-refractivity contribution in [2.24, 2.45) is 0 Å². The Hall–Kier alpha value is -6.71. The number of para-hydroxylation sites is 2. The number of hydrogen-bond acceptors (Lipinski definition) is 1. The maximum absolute atomic E-state index is 5.27. The van der Waals surface area contributed by atoms with Gasteiger partial charge in [0.2, 0.25) is 0 Å². The van der Waals surface area contributed by atoms with Crippen molar-refractivity contribution in [3.8, 4) is 61.3 Å². The molecule has 0 N–H and O–H groups in total. The molecule has 7 heteroatoms. The van der Waals surface area contributed by atoms with E-state index in [-0.39, 0.29) is 10.3 Å². The Balaban J connectivity index is 1.15. The van der Waals surface area contributed by atoms with Crippen LogP contribution in [0.2, 0.25) is 5.11 Å². The van der Waals surface area contributed by atoms with Gasteiger partial charge in [-0.15, -0.1) is 5.11 Å². The van der Waals surface area contributed by atoms with Crippen molar-refractivity contribution in [3.63, 3.8) is 0 Å². The monoisotopic (exact) mass is 762 g/mol. The van der Waals surface area contributed by atoms with Gasteiger partial charge in [0, 0.05) is 5.69 Å². The zero-order chi connectivity index (χ0) is 41.0. The fourth-order valence-corrected chi connectivity index (χ4v) is 8.84. The third-order valence-electron chi connectivity index (χ3n) is 13.0. The first-order valence-electron chi connectivity index (χ1n) is 21.0. The fraction of sp³-hybridized carbons (Fsp3) is 0.0377. The van der Waals surface area contributed by atoms with Crippen LogP contribution in [0.5, 0.6) is 0 Å². The lowest BCUT2D eigenvalue weighted by atomic mass is 9.23. The number of fused-ring (bicyclic) bond motifs is 3. The topological polar surface area (TPSA) is 17.8 Å². The second-order valence-electron chi connectivity index (χ2n) is 17.6. The van der Waals surface area contributed by atoms with E-state index >= 15 is 0 Å². The molecule has 0 bridgehead atoms. The normalized spacial score (nSPS) is 12.0. The van der Waals surface area contributed by atoms with Crippen molar-refractivity contribution >= 4 is 71.8 Å². The summed E-state index contributed by atoms with van der Waals surface area (Å²) < 4.78 is 2.38. The molecule has 10 rings (SSSR count). The van der Waals surface area contributed by atoms with Crippen LogP contribution < -0.4 is 0 Å². The minimum atomic E-state index is -0.192. The molecule has 0 amide bonds. The van der Waals surface area contributed by atoms with Gasteiger partial charge in [0.15, 0.2) is 0 Å². The van der Waals surface area contributed by atoms with E-state index in [0.717, 1.165) is 22.5 Å². The molecule has 0 spiro atoms. The summed E-state index contributed by atoms with van der Waals surface area (Å²) in [6, 6.07) is 73.1. The highest BCUT2D eigenvalue weighted by Gasteiger charge is 2.38. The van der Waals surface area contributed by atoms with Gasteiger partial charge in [0.05, 0.1) is 34.6 Å². The molecule has 1 aromatic heterocycles. The number of hydrogen-bond donors (Lipinski definition) is 0. The molecule has 0 saturated heterocycles. The van der Waals surface area contributed by atoms with E-state index in [4.69, 9.17) is 4.98 Å². The Bertz CT molecular complexity index is 3110. The van der Waals surface area contributed by atoms with Crippen LogP contribution in [-0.4, -0.2) is 48.8 Å². The number of nitrogens with zero attached hydrogens (tertiary/aromatic N) is 2. The second kappa shape index (κ2) is 14.8. The van der Waals surface area contributed by atoms with E-state index in [2.05, 4.69) is 244 Å². The van der Waals surface area contributed by atoms with E-state index in [1.54, 1.807) is 0 Å². The molecule has 0 saturated carbocycles. The van der Waals surface area contributed by atoms with E-state index in [0.29, 0.717) is 0 Å². The molecule has 0 unspecified atom stereocenters. The maximum Gasteiger partial charge on any atom is 0.106 e. The highest BCUT2D eigenvalue weighted by molar-refractivity contribution is 6.67. The largest absolute Gasteiger partial charge is 0.297 e. The van der Waals surface area contributed by atoms with Crippen molar-refractivity contribution in [1.82, 2.24) is 9.55 Å². The molecule has 10 aromatic rings. The van der Waals surface area contributed by atoms with Gasteiger partial charge in [-0.05, 0) is 131 Å². The Kier molecular flexibility index (Phi) is 9.29. The molecule has 0 atom stereocenters. The van der Waals surface area contributed by atoms with Crippen LogP contribution in [0.15, 0.2) is 200 Å². The van der Waals surface area contributed by atoms with E-state index in [1.807, 2.05) is 0 Å². The van der Waals surface area contributed by atoms with Gasteiger partial charge in [-0.1, -0.05) is 152 Å². The molecule has 9 aromatic carbocycles. The molecule has 2 nitrogen and oxygen atoms in total. The highest BCUT2D eigenvalue weighted by Crippen LogP contribution is 2.46. The summed E-state index contributed by atoms with van der Waals surface area (Å²) in [5.41, 5.74) is 15.3. The van der Waals surface area contributed by atoms with Gasteiger partial charge in [-0.3, -0.25) is 4.57 Å². The standard InChI is InChI=1S/C53H43B5N2/c54-52(55,53(56,57)58)51-59-47-27-11-12-28-48(47)60(51)42-22-14-20-37(33-42)36-19-13-21-38(29-36)49-43-23-7-9-25-45(43)50(46-26-10-8-24-44(46)49)41-31-39(34-15-3-1-4-16-34)30-40(32-41)35-17-5-2-6-18-35/h1-33H,54-58H2. The Morgan fingerprint density at radius 1 is 0.350 bits per heavy atom. The first-order chi connectivity index (χ1) is 29.2. The molecular formula is C53H43B5N2. The lowest BCUT2D eigenvalue weighted by Crippen LogP contribution is -2.45. The molecular weight excluding hydrogens is 719 g/mol. The van der Waals surface area contributed by atoms with Crippen molar-refractivity contribution < 1.29 is 0 Å². The van der Waals surface area contributed by atoms with E-state index in [9.17, 15) is 0 Å². The van der Waals surface area contributed by atoms with E-state index in [1.165, 1.54) is 77.2 Å². The summed E-state index contributed by atoms with van der Waals surface area (Å²) >= 11 is 0. The molecule has 280 valence electrons. The maximum atomic E-state index is 5.27. The molecule has 0 aliphatic rings. The van der Waals surface area contributed by atoms with Gasteiger partial charge in [0.1, 0.15) is 21.5 Å². The van der Waals surface area contributed by atoms with Gasteiger partial charge in [-0.2, -0.15) is 0 Å². The zero-order valence-electron chi connectivity index (χ0n) is 34.9. The average Bonchev–Trinajstić information content (AvgIpc) is 3.69. The molecule has 0 radical (unpaired) electrons. The lowest BCUT2D eigenvalue weighted by Gasteiger charge is -2.39. The van der Waals surface area contributed by atoms with Gasteiger partial charge in [-0.25, -0.2) is 4.98 Å². The minimum absolute atomic E-state index is 0.00591. The average molecular weight is 762 g/mol. The number of rotatable bonds is 8. The van der Waals surface area contributed by atoms with Crippen LogP contribution in [-0.2, 0) is 5.21 Å². The van der Waals surface area contributed by atoms with Crippen molar-refractivity contribution in [2.45, 2.75) is 10.3 Å². The summed E-state index contributed by atoms with van der Waals surface area (Å²) in [6.45, 7) is 0. The molecule has 0 aliphatic carbocycles. The number of imidazole rings is 1. The number of benzene rings is 9. The molecule has 60 heavy (non-hydrogen) atoms. The Labute approximate surface area is 357 Å². The van der Waals surface area contributed by atoms with Crippen LogP contribution in [0.25, 0.3) is 93.9 Å². The van der Waals surface area contributed by atoms with Crippen molar-refractivity contribution in [3.05, 3.63) is 206 Å². The van der Waals surface area contributed by atoms with Crippen LogP contribution in [0.4, 0.5) is 0 Å². The smallest absolute Gasteiger partial charge is 0.106 e.